The molecule has 0 N–H and O–H groups in total. The van der Waals surface area contributed by atoms with Gasteiger partial charge in [-0.25, -0.2) is 4.39 Å². The minimum absolute atomic E-state index is 0.0603. The Morgan fingerprint density at radius 2 is 1.91 bits per heavy atom. The first kappa shape index (κ1) is 22.7. The number of amides is 2. The van der Waals surface area contributed by atoms with E-state index >= 15 is 0 Å². The van der Waals surface area contributed by atoms with Crippen molar-refractivity contribution < 1.29 is 18.7 Å². The maximum atomic E-state index is 14.2. The smallest absolute Gasteiger partial charge is 0.257 e. The van der Waals surface area contributed by atoms with Crippen molar-refractivity contribution in [2.45, 2.75) is 12.5 Å². The molecule has 1 atom stereocenters. The molecular formula is C26H25FN2O3S. The number of hydrogen-bond acceptors (Lipinski definition) is 4. The van der Waals surface area contributed by atoms with Gasteiger partial charge in [0.05, 0.1) is 11.6 Å². The van der Waals surface area contributed by atoms with Crippen molar-refractivity contribution in [3.05, 3.63) is 101 Å². The first-order chi connectivity index (χ1) is 16.1. The number of carbonyl (C=O) groups is 2. The number of carbonyl (C=O) groups excluding carboxylic acids is 2. The van der Waals surface area contributed by atoms with Crippen LogP contribution in [-0.2, 0) is 11.2 Å². The fourth-order valence-electron chi connectivity index (χ4n) is 4.00. The molecule has 0 radical (unpaired) electrons. The molecule has 4 rings (SSSR count). The SMILES string of the molecule is C=CCN(CC(=O)N1CCc2sccc2[C@@H]1COc1ccccc1)C(=O)c1ccccc1F. The van der Waals surface area contributed by atoms with Crippen molar-refractivity contribution in [2.75, 3.05) is 26.2 Å². The standard InChI is InChI=1S/C26H25FN2O3S/c1-2-14-28(26(31)20-10-6-7-11-22(20)27)17-25(30)29-15-12-24-21(13-16-33-24)23(29)18-32-19-8-4-3-5-9-19/h2-11,13,16,23H,1,12,14-15,17-18H2/t23-/m0/s1. The summed E-state index contributed by atoms with van der Waals surface area (Å²) in [5, 5.41) is 2.03. The molecule has 0 bridgehead atoms. The largest absolute Gasteiger partial charge is 0.491 e. The van der Waals surface area contributed by atoms with Gasteiger partial charge in [0.25, 0.3) is 5.91 Å². The van der Waals surface area contributed by atoms with E-state index in [4.69, 9.17) is 4.74 Å². The van der Waals surface area contributed by atoms with Crippen LogP contribution in [0, 0.1) is 5.82 Å². The average Bonchev–Trinajstić information content (AvgIpc) is 3.32. The Labute approximate surface area is 196 Å². The Morgan fingerprint density at radius 3 is 2.67 bits per heavy atom. The van der Waals surface area contributed by atoms with Crippen LogP contribution in [0.3, 0.4) is 0 Å². The molecule has 0 fully saturated rings. The molecule has 5 nitrogen and oxygen atoms in total. The number of ether oxygens (including phenoxy) is 1. The minimum Gasteiger partial charge on any atom is -0.491 e. The zero-order chi connectivity index (χ0) is 23.2. The highest BCUT2D eigenvalue weighted by Crippen LogP contribution is 2.34. The fourth-order valence-corrected chi connectivity index (χ4v) is 4.93. The van der Waals surface area contributed by atoms with Crippen LogP contribution in [0.1, 0.15) is 26.8 Å². The van der Waals surface area contributed by atoms with Gasteiger partial charge in [-0.05, 0) is 47.7 Å². The number of fused-ring (bicyclic) bond motifs is 1. The number of benzene rings is 2. The van der Waals surface area contributed by atoms with E-state index in [2.05, 4.69) is 6.58 Å². The van der Waals surface area contributed by atoms with Gasteiger partial charge in [-0.15, -0.1) is 17.9 Å². The van der Waals surface area contributed by atoms with Crippen molar-refractivity contribution in [1.82, 2.24) is 9.80 Å². The van der Waals surface area contributed by atoms with E-state index in [0.29, 0.717) is 13.2 Å². The summed E-state index contributed by atoms with van der Waals surface area (Å²) in [4.78, 5) is 30.7. The molecule has 3 aromatic rings. The molecule has 1 aliphatic heterocycles. The summed E-state index contributed by atoms with van der Waals surface area (Å²) in [6.07, 6.45) is 2.29. The zero-order valence-corrected chi connectivity index (χ0v) is 19.0. The van der Waals surface area contributed by atoms with E-state index in [-0.39, 0.29) is 30.6 Å². The molecule has 1 aromatic heterocycles. The maximum Gasteiger partial charge on any atom is 0.257 e. The molecule has 2 heterocycles. The Kier molecular flexibility index (Phi) is 7.19. The normalized spacial score (nSPS) is 14.9. The Hall–Kier alpha value is -3.45. The lowest BCUT2D eigenvalue weighted by molar-refractivity contribution is -0.135. The van der Waals surface area contributed by atoms with Gasteiger partial charge >= 0.3 is 0 Å². The van der Waals surface area contributed by atoms with Gasteiger partial charge in [0.1, 0.15) is 24.7 Å². The number of thiophene rings is 1. The topological polar surface area (TPSA) is 49.9 Å². The van der Waals surface area contributed by atoms with Crippen LogP contribution in [0.5, 0.6) is 5.75 Å². The summed E-state index contributed by atoms with van der Waals surface area (Å²) in [5.74, 6) is -0.624. The molecule has 2 amide bonds. The summed E-state index contributed by atoms with van der Waals surface area (Å²) >= 11 is 1.68. The summed E-state index contributed by atoms with van der Waals surface area (Å²) in [5.41, 5.74) is 1.01. The monoisotopic (exact) mass is 464 g/mol. The number of halogens is 1. The Bertz CT molecular complexity index is 1130. The van der Waals surface area contributed by atoms with Gasteiger partial charge in [0.2, 0.25) is 5.91 Å². The molecule has 0 saturated heterocycles. The van der Waals surface area contributed by atoms with Crippen LogP contribution in [0.15, 0.2) is 78.7 Å². The minimum atomic E-state index is -0.612. The van der Waals surface area contributed by atoms with Crippen molar-refractivity contribution in [1.29, 1.82) is 0 Å². The quantitative estimate of drug-likeness (QED) is 0.453. The van der Waals surface area contributed by atoms with Crippen LogP contribution in [0.2, 0.25) is 0 Å². The lowest BCUT2D eigenvalue weighted by atomic mass is 10.0. The highest BCUT2D eigenvalue weighted by Gasteiger charge is 2.33. The summed E-state index contributed by atoms with van der Waals surface area (Å²) in [6.45, 7) is 4.50. The Morgan fingerprint density at radius 1 is 1.15 bits per heavy atom. The van der Waals surface area contributed by atoms with E-state index in [1.54, 1.807) is 22.3 Å². The first-order valence-electron chi connectivity index (χ1n) is 10.8. The summed E-state index contributed by atoms with van der Waals surface area (Å²) in [6, 6.07) is 17.0. The Balaban J connectivity index is 1.53. The van der Waals surface area contributed by atoms with E-state index in [0.717, 1.165) is 17.7 Å². The predicted molar refractivity (Wildman–Crippen MR) is 127 cm³/mol. The van der Waals surface area contributed by atoms with E-state index in [1.165, 1.54) is 34.1 Å². The summed E-state index contributed by atoms with van der Waals surface area (Å²) in [7, 11) is 0. The number of rotatable bonds is 8. The van der Waals surface area contributed by atoms with Gasteiger partial charge in [-0.2, -0.15) is 0 Å². The van der Waals surface area contributed by atoms with Gasteiger partial charge in [-0.1, -0.05) is 36.4 Å². The number of hydrogen-bond donors (Lipinski definition) is 0. The average molecular weight is 465 g/mol. The molecule has 0 saturated carbocycles. The predicted octanol–water partition coefficient (Wildman–Crippen LogP) is 4.72. The molecule has 33 heavy (non-hydrogen) atoms. The molecule has 2 aromatic carbocycles. The van der Waals surface area contributed by atoms with E-state index < -0.39 is 11.7 Å². The molecule has 0 aliphatic carbocycles. The van der Waals surface area contributed by atoms with Crippen molar-refractivity contribution in [2.24, 2.45) is 0 Å². The van der Waals surface area contributed by atoms with Crippen LogP contribution < -0.4 is 4.74 Å². The second-order valence-corrected chi connectivity index (χ2v) is 8.73. The highest BCUT2D eigenvalue weighted by atomic mass is 32.1. The van der Waals surface area contributed by atoms with Crippen LogP contribution in [0.4, 0.5) is 4.39 Å². The van der Waals surface area contributed by atoms with Gasteiger partial charge in [0.15, 0.2) is 0 Å². The van der Waals surface area contributed by atoms with Gasteiger partial charge < -0.3 is 14.5 Å². The lowest BCUT2D eigenvalue weighted by Gasteiger charge is -2.37. The van der Waals surface area contributed by atoms with Crippen LogP contribution >= 0.6 is 11.3 Å². The third kappa shape index (κ3) is 5.14. The van der Waals surface area contributed by atoms with E-state index in [9.17, 15) is 14.0 Å². The number of nitrogens with zero attached hydrogens (tertiary/aromatic N) is 2. The van der Waals surface area contributed by atoms with Gasteiger partial charge in [-0.3, -0.25) is 9.59 Å². The molecule has 0 unspecified atom stereocenters. The third-order valence-electron chi connectivity index (χ3n) is 5.63. The molecule has 0 spiro atoms. The first-order valence-corrected chi connectivity index (χ1v) is 11.6. The van der Waals surface area contributed by atoms with Gasteiger partial charge in [0, 0.05) is 18.0 Å². The fraction of sp³-hybridized carbons (Fsp3) is 0.231. The van der Waals surface area contributed by atoms with Crippen molar-refractivity contribution in [3.63, 3.8) is 0 Å². The van der Waals surface area contributed by atoms with Crippen molar-refractivity contribution >= 4 is 23.2 Å². The molecule has 7 heteroatoms. The molecule has 1 aliphatic rings. The lowest BCUT2D eigenvalue weighted by Crippen LogP contribution is -2.48. The van der Waals surface area contributed by atoms with E-state index in [1.807, 2.05) is 41.8 Å². The van der Waals surface area contributed by atoms with Crippen LogP contribution in [-0.4, -0.2) is 47.9 Å². The molecular weight excluding hydrogens is 439 g/mol. The second kappa shape index (κ2) is 10.4. The third-order valence-corrected chi connectivity index (χ3v) is 6.63. The highest BCUT2D eigenvalue weighted by molar-refractivity contribution is 7.10. The maximum absolute atomic E-state index is 14.2. The summed E-state index contributed by atoms with van der Waals surface area (Å²) < 4.78 is 20.2. The molecule has 170 valence electrons. The van der Waals surface area contributed by atoms with Crippen molar-refractivity contribution in [3.8, 4) is 5.75 Å². The zero-order valence-electron chi connectivity index (χ0n) is 18.2. The van der Waals surface area contributed by atoms with Crippen LogP contribution in [0.25, 0.3) is 0 Å². The second-order valence-electron chi connectivity index (χ2n) is 7.73. The number of para-hydroxylation sites is 1.